The second-order valence-corrected chi connectivity index (χ2v) is 5.73. The van der Waals surface area contributed by atoms with Crippen molar-refractivity contribution < 1.29 is 19.4 Å². The quantitative estimate of drug-likeness (QED) is 0.915. The number of hydrogen-bond acceptors (Lipinski definition) is 5. The van der Waals surface area contributed by atoms with E-state index >= 15 is 0 Å². The van der Waals surface area contributed by atoms with Gasteiger partial charge in [-0.15, -0.1) is 11.3 Å². The molecule has 6 heteroatoms. The van der Waals surface area contributed by atoms with Crippen LogP contribution >= 0.6 is 11.3 Å². The molecule has 0 radical (unpaired) electrons. The average Bonchev–Trinajstić information content (AvgIpc) is 2.94. The maximum Gasteiger partial charge on any atom is 0.225 e. The Morgan fingerprint density at radius 2 is 1.95 bits per heavy atom. The average molecular weight is 305 g/mol. The normalized spacial score (nSPS) is 17.0. The summed E-state index contributed by atoms with van der Waals surface area (Å²) in [6, 6.07) is 5.41. The number of carbonyl (C=O) groups is 1. The number of methoxy groups -OCH3 is 2. The van der Waals surface area contributed by atoms with Gasteiger partial charge in [-0.25, -0.2) is 0 Å². The number of rotatable bonds is 3. The fraction of sp³-hybridized carbons (Fsp3) is 0.267. The molecule has 0 saturated heterocycles. The standard InChI is InChI=1S/C15H15NO4S/c1-19-11-5-8(6-12(20-2)14(11)18)9-7-13(17)16-10-3-4-21-15(9)10/h3-6,9,18H,7H2,1-2H3,(H,16,17)/t9-/m0/s1. The Morgan fingerprint density at radius 1 is 1.29 bits per heavy atom. The minimum absolute atomic E-state index is 0.0168. The lowest BCUT2D eigenvalue weighted by molar-refractivity contribution is -0.116. The highest BCUT2D eigenvalue weighted by atomic mass is 32.1. The second kappa shape index (κ2) is 5.29. The zero-order valence-electron chi connectivity index (χ0n) is 11.7. The number of benzene rings is 1. The van der Waals surface area contributed by atoms with Gasteiger partial charge in [0, 0.05) is 17.2 Å². The van der Waals surface area contributed by atoms with E-state index in [9.17, 15) is 9.90 Å². The van der Waals surface area contributed by atoms with Crippen LogP contribution in [0.15, 0.2) is 23.6 Å². The summed E-state index contributed by atoms with van der Waals surface area (Å²) in [5.41, 5.74) is 1.74. The van der Waals surface area contributed by atoms with E-state index in [1.807, 2.05) is 11.4 Å². The molecule has 0 fully saturated rings. The van der Waals surface area contributed by atoms with Crippen molar-refractivity contribution in [1.82, 2.24) is 0 Å². The predicted molar refractivity (Wildman–Crippen MR) is 80.6 cm³/mol. The highest BCUT2D eigenvalue weighted by molar-refractivity contribution is 7.10. The van der Waals surface area contributed by atoms with Crippen LogP contribution in [0.1, 0.15) is 22.8 Å². The van der Waals surface area contributed by atoms with Gasteiger partial charge in [-0.2, -0.15) is 0 Å². The van der Waals surface area contributed by atoms with Crippen LogP contribution in [0, 0.1) is 0 Å². The highest BCUT2D eigenvalue weighted by Gasteiger charge is 2.29. The number of nitrogens with one attached hydrogen (secondary N) is 1. The van der Waals surface area contributed by atoms with Gasteiger partial charge < -0.3 is 19.9 Å². The van der Waals surface area contributed by atoms with E-state index in [4.69, 9.17) is 9.47 Å². The zero-order chi connectivity index (χ0) is 15.0. The summed E-state index contributed by atoms with van der Waals surface area (Å²) in [4.78, 5) is 13.0. The van der Waals surface area contributed by atoms with E-state index in [2.05, 4.69) is 5.32 Å². The van der Waals surface area contributed by atoms with Gasteiger partial charge in [0.1, 0.15) is 0 Å². The monoisotopic (exact) mass is 305 g/mol. The van der Waals surface area contributed by atoms with Crippen LogP contribution in [-0.4, -0.2) is 25.2 Å². The van der Waals surface area contributed by atoms with Gasteiger partial charge in [0.15, 0.2) is 11.5 Å². The first-order chi connectivity index (χ1) is 10.1. The van der Waals surface area contributed by atoms with Gasteiger partial charge in [-0.1, -0.05) is 0 Å². The molecule has 0 saturated carbocycles. The lowest BCUT2D eigenvalue weighted by Gasteiger charge is -2.24. The van der Waals surface area contributed by atoms with Gasteiger partial charge >= 0.3 is 0 Å². The van der Waals surface area contributed by atoms with Crippen LogP contribution in [0.25, 0.3) is 0 Å². The van der Waals surface area contributed by atoms with E-state index < -0.39 is 0 Å². The molecule has 0 unspecified atom stereocenters. The molecule has 1 aromatic carbocycles. The summed E-state index contributed by atoms with van der Waals surface area (Å²) in [5, 5.41) is 14.8. The molecule has 0 bridgehead atoms. The molecule has 2 heterocycles. The van der Waals surface area contributed by atoms with E-state index in [0.717, 1.165) is 16.1 Å². The molecule has 5 nitrogen and oxygen atoms in total. The van der Waals surface area contributed by atoms with Gasteiger partial charge in [-0.3, -0.25) is 4.79 Å². The maximum absolute atomic E-state index is 11.9. The van der Waals surface area contributed by atoms with Crippen molar-refractivity contribution in [1.29, 1.82) is 0 Å². The maximum atomic E-state index is 11.9. The molecule has 0 aliphatic carbocycles. The highest BCUT2D eigenvalue weighted by Crippen LogP contribution is 2.45. The van der Waals surface area contributed by atoms with Crippen LogP contribution in [-0.2, 0) is 4.79 Å². The molecule has 1 aromatic heterocycles. The van der Waals surface area contributed by atoms with E-state index in [0.29, 0.717) is 17.9 Å². The van der Waals surface area contributed by atoms with E-state index in [1.165, 1.54) is 14.2 Å². The molecule has 110 valence electrons. The smallest absolute Gasteiger partial charge is 0.225 e. The second-order valence-electron chi connectivity index (χ2n) is 4.78. The molecular formula is C15H15NO4S. The lowest BCUT2D eigenvalue weighted by atomic mass is 9.90. The Morgan fingerprint density at radius 3 is 2.57 bits per heavy atom. The first kappa shape index (κ1) is 13.8. The van der Waals surface area contributed by atoms with Crippen LogP contribution in [0.4, 0.5) is 5.69 Å². The van der Waals surface area contributed by atoms with Crippen molar-refractivity contribution in [2.24, 2.45) is 0 Å². The summed E-state index contributed by atoms with van der Waals surface area (Å²) >= 11 is 1.60. The van der Waals surface area contributed by atoms with Gasteiger partial charge in [0.05, 0.1) is 19.9 Å². The summed E-state index contributed by atoms with van der Waals surface area (Å²) in [5.74, 6) is 0.575. The first-order valence-corrected chi connectivity index (χ1v) is 7.34. The van der Waals surface area contributed by atoms with Crippen molar-refractivity contribution in [3.8, 4) is 17.2 Å². The minimum Gasteiger partial charge on any atom is -0.502 e. The van der Waals surface area contributed by atoms with Crippen molar-refractivity contribution in [2.45, 2.75) is 12.3 Å². The van der Waals surface area contributed by atoms with Crippen molar-refractivity contribution in [2.75, 3.05) is 19.5 Å². The van der Waals surface area contributed by atoms with Crippen molar-refractivity contribution in [3.05, 3.63) is 34.0 Å². The number of amides is 1. The molecule has 1 atom stereocenters. The summed E-state index contributed by atoms with van der Waals surface area (Å²) in [6.07, 6.45) is 0.366. The summed E-state index contributed by atoms with van der Waals surface area (Å²) in [6.45, 7) is 0. The Hall–Kier alpha value is -2.21. The Labute approximate surface area is 126 Å². The van der Waals surface area contributed by atoms with Gasteiger partial charge in [0.25, 0.3) is 0 Å². The minimum atomic E-state index is -0.0582. The lowest BCUT2D eigenvalue weighted by Crippen LogP contribution is -2.22. The number of fused-ring (bicyclic) bond motifs is 1. The number of phenolic OH excluding ortho intramolecular Hbond substituents is 1. The molecule has 3 rings (SSSR count). The van der Waals surface area contributed by atoms with Crippen molar-refractivity contribution in [3.63, 3.8) is 0 Å². The molecule has 1 aliphatic rings. The first-order valence-electron chi connectivity index (χ1n) is 6.46. The number of anilines is 1. The van der Waals surface area contributed by atoms with Crippen LogP contribution in [0.2, 0.25) is 0 Å². The Bertz CT molecular complexity index is 670. The summed E-state index contributed by atoms with van der Waals surface area (Å²) < 4.78 is 10.4. The topological polar surface area (TPSA) is 67.8 Å². The van der Waals surface area contributed by atoms with Crippen LogP contribution < -0.4 is 14.8 Å². The summed E-state index contributed by atoms with van der Waals surface area (Å²) in [7, 11) is 2.98. The fourth-order valence-corrected chi connectivity index (χ4v) is 3.54. The Kier molecular flexibility index (Phi) is 3.47. The van der Waals surface area contributed by atoms with Crippen LogP contribution in [0.3, 0.4) is 0 Å². The third-order valence-electron chi connectivity index (χ3n) is 3.58. The largest absolute Gasteiger partial charge is 0.502 e. The van der Waals surface area contributed by atoms with Crippen molar-refractivity contribution >= 4 is 22.9 Å². The van der Waals surface area contributed by atoms with Crippen LogP contribution in [0.5, 0.6) is 17.2 Å². The molecule has 21 heavy (non-hydrogen) atoms. The number of thiophene rings is 1. The number of ether oxygens (including phenoxy) is 2. The number of aromatic hydroxyl groups is 1. The molecule has 2 N–H and O–H groups in total. The molecule has 0 spiro atoms. The number of carbonyl (C=O) groups excluding carboxylic acids is 1. The predicted octanol–water partition coefficient (Wildman–Crippen LogP) is 2.95. The Balaban J connectivity index is 2.11. The molecule has 1 amide bonds. The fourth-order valence-electron chi connectivity index (χ4n) is 2.56. The number of phenols is 1. The molecule has 2 aromatic rings. The van der Waals surface area contributed by atoms with E-state index in [-0.39, 0.29) is 17.6 Å². The molecule has 1 aliphatic heterocycles. The third-order valence-corrected chi connectivity index (χ3v) is 4.61. The molecular weight excluding hydrogens is 290 g/mol. The van der Waals surface area contributed by atoms with Gasteiger partial charge in [0.2, 0.25) is 11.7 Å². The van der Waals surface area contributed by atoms with E-state index in [1.54, 1.807) is 23.5 Å². The third kappa shape index (κ3) is 2.31. The number of hydrogen-bond donors (Lipinski definition) is 2. The van der Waals surface area contributed by atoms with Gasteiger partial charge in [-0.05, 0) is 29.1 Å². The zero-order valence-corrected chi connectivity index (χ0v) is 12.5. The SMILES string of the molecule is COc1cc([C@@H]2CC(=O)Nc3ccsc32)cc(OC)c1O.